The number of amides is 2. The molecule has 0 radical (unpaired) electrons. The number of carbonyl (C=O) groups is 2. The van der Waals surface area contributed by atoms with E-state index in [0.29, 0.717) is 30.3 Å². The van der Waals surface area contributed by atoms with Gasteiger partial charge in [0.15, 0.2) is 0 Å². The molecular weight excluding hydrogens is 350 g/mol. The average Bonchev–Trinajstić information content (AvgIpc) is 2.68. The highest BCUT2D eigenvalue weighted by Crippen LogP contribution is 2.29. The zero-order valence-electron chi connectivity index (χ0n) is 16.2. The fourth-order valence-corrected chi connectivity index (χ4v) is 3.07. The molecule has 0 saturated carbocycles. The molecule has 0 bridgehead atoms. The number of rotatable bonds is 9. The topological polar surface area (TPSA) is 89.1 Å². The summed E-state index contributed by atoms with van der Waals surface area (Å²) in [5, 5.41) is 5.75. The van der Waals surface area contributed by atoms with Crippen LogP contribution in [0.15, 0.2) is 18.2 Å². The summed E-state index contributed by atoms with van der Waals surface area (Å²) in [7, 11) is 4.73. The SMILES string of the molecule is COCCNC(=O)C1CCN(CC(=O)Nc2ccc(OC)cc2OC)CC1. The molecule has 2 rings (SSSR count). The van der Waals surface area contributed by atoms with Crippen LogP contribution in [-0.2, 0) is 14.3 Å². The maximum Gasteiger partial charge on any atom is 0.238 e. The van der Waals surface area contributed by atoms with E-state index in [9.17, 15) is 9.59 Å². The Hall–Kier alpha value is -2.32. The Kier molecular flexibility index (Phi) is 8.35. The van der Waals surface area contributed by atoms with Gasteiger partial charge in [-0.15, -0.1) is 0 Å². The van der Waals surface area contributed by atoms with Crippen molar-refractivity contribution in [2.45, 2.75) is 12.8 Å². The van der Waals surface area contributed by atoms with Crippen molar-refractivity contribution in [1.29, 1.82) is 0 Å². The second-order valence-corrected chi connectivity index (χ2v) is 6.45. The Bertz CT molecular complexity index is 630. The smallest absolute Gasteiger partial charge is 0.238 e. The van der Waals surface area contributed by atoms with Crippen LogP contribution in [0.3, 0.4) is 0 Å². The zero-order chi connectivity index (χ0) is 19.6. The lowest BCUT2D eigenvalue weighted by Gasteiger charge is -2.30. The van der Waals surface area contributed by atoms with E-state index in [-0.39, 0.29) is 24.3 Å². The molecule has 2 amide bonds. The number of hydrogen-bond acceptors (Lipinski definition) is 6. The minimum absolute atomic E-state index is 0.00264. The first-order chi connectivity index (χ1) is 13.1. The lowest BCUT2D eigenvalue weighted by Crippen LogP contribution is -2.43. The Balaban J connectivity index is 1.78. The van der Waals surface area contributed by atoms with Crippen molar-refractivity contribution in [3.63, 3.8) is 0 Å². The first-order valence-electron chi connectivity index (χ1n) is 9.08. The van der Waals surface area contributed by atoms with E-state index in [1.165, 1.54) is 0 Å². The number of nitrogens with one attached hydrogen (secondary N) is 2. The van der Waals surface area contributed by atoms with Gasteiger partial charge in [-0.05, 0) is 38.1 Å². The Morgan fingerprint density at radius 1 is 1.15 bits per heavy atom. The second kappa shape index (κ2) is 10.7. The molecular formula is C19H29N3O5. The normalized spacial score (nSPS) is 15.2. The van der Waals surface area contributed by atoms with Gasteiger partial charge in [-0.3, -0.25) is 14.5 Å². The molecule has 0 aromatic heterocycles. The predicted molar refractivity (Wildman–Crippen MR) is 102 cm³/mol. The quantitative estimate of drug-likeness (QED) is 0.625. The molecule has 0 unspecified atom stereocenters. The minimum atomic E-state index is -0.110. The fourth-order valence-electron chi connectivity index (χ4n) is 3.07. The third-order valence-corrected chi connectivity index (χ3v) is 4.61. The second-order valence-electron chi connectivity index (χ2n) is 6.45. The first-order valence-corrected chi connectivity index (χ1v) is 9.08. The van der Waals surface area contributed by atoms with Crippen LogP contribution < -0.4 is 20.1 Å². The molecule has 0 aliphatic carbocycles. The molecule has 1 fully saturated rings. The van der Waals surface area contributed by atoms with Crippen molar-refractivity contribution in [2.24, 2.45) is 5.92 Å². The standard InChI is InChI=1S/C19H29N3O5/c1-25-11-8-20-19(24)14-6-9-22(10-7-14)13-18(23)21-16-5-4-15(26-2)12-17(16)27-3/h4-5,12,14H,6-11,13H2,1-3H3,(H,20,24)(H,21,23). The molecule has 150 valence electrons. The van der Waals surface area contributed by atoms with Gasteiger partial charge >= 0.3 is 0 Å². The van der Waals surface area contributed by atoms with Crippen LogP contribution in [0.1, 0.15) is 12.8 Å². The molecule has 8 heteroatoms. The number of nitrogens with zero attached hydrogens (tertiary/aromatic N) is 1. The summed E-state index contributed by atoms with van der Waals surface area (Å²) in [6.07, 6.45) is 1.50. The molecule has 1 aromatic rings. The average molecular weight is 379 g/mol. The van der Waals surface area contributed by atoms with Crippen LogP contribution in [0.5, 0.6) is 11.5 Å². The van der Waals surface area contributed by atoms with Gasteiger partial charge in [0.25, 0.3) is 0 Å². The van der Waals surface area contributed by atoms with Crippen LogP contribution in [0, 0.1) is 5.92 Å². The van der Waals surface area contributed by atoms with Crippen LogP contribution >= 0.6 is 0 Å². The van der Waals surface area contributed by atoms with Gasteiger partial charge in [0.1, 0.15) is 11.5 Å². The zero-order valence-corrected chi connectivity index (χ0v) is 16.2. The molecule has 1 heterocycles. The van der Waals surface area contributed by atoms with E-state index in [4.69, 9.17) is 14.2 Å². The highest BCUT2D eigenvalue weighted by molar-refractivity contribution is 5.93. The molecule has 1 aliphatic rings. The number of hydrogen-bond donors (Lipinski definition) is 2. The lowest BCUT2D eigenvalue weighted by molar-refractivity contribution is -0.126. The molecule has 27 heavy (non-hydrogen) atoms. The van der Waals surface area contributed by atoms with Crippen molar-refractivity contribution in [2.75, 3.05) is 59.4 Å². The molecule has 0 spiro atoms. The van der Waals surface area contributed by atoms with E-state index < -0.39 is 0 Å². The van der Waals surface area contributed by atoms with Gasteiger partial charge in [0.2, 0.25) is 11.8 Å². The van der Waals surface area contributed by atoms with Gasteiger partial charge in [0, 0.05) is 25.6 Å². The van der Waals surface area contributed by atoms with Gasteiger partial charge in [0.05, 0.1) is 33.1 Å². The van der Waals surface area contributed by atoms with Crippen molar-refractivity contribution < 1.29 is 23.8 Å². The highest BCUT2D eigenvalue weighted by atomic mass is 16.5. The number of piperidine rings is 1. The summed E-state index contributed by atoms with van der Waals surface area (Å²) >= 11 is 0. The van der Waals surface area contributed by atoms with Crippen molar-refractivity contribution in [3.8, 4) is 11.5 Å². The third-order valence-electron chi connectivity index (χ3n) is 4.61. The van der Waals surface area contributed by atoms with E-state index >= 15 is 0 Å². The summed E-state index contributed by atoms with van der Waals surface area (Å²) in [4.78, 5) is 26.5. The molecule has 1 aliphatic heterocycles. The molecule has 0 atom stereocenters. The fraction of sp³-hybridized carbons (Fsp3) is 0.579. The number of likely N-dealkylation sites (tertiary alicyclic amines) is 1. The molecule has 1 saturated heterocycles. The summed E-state index contributed by atoms with van der Waals surface area (Å²) in [6.45, 7) is 2.76. The van der Waals surface area contributed by atoms with Crippen molar-refractivity contribution in [1.82, 2.24) is 10.2 Å². The summed E-state index contributed by atoms with van der Waals surface area (Å²) < 4.78 is 15.4. The van der Waals surface area contributed by atoms with Crippen LogP contribution in [0.25, 0.3) is 0 Å². The van der Waals surface area contributed by atoms with Crippen molar-refractivity contribution >= 4 is 17.5 Å². The highest BCUT2D eigenvalue weighted by Gasteiger charge is 2.25. The summed E-state index contributed by atoms with van der Waals surface area (Å²) in [5.41, 5.74) is 0.607. The van der Waals surface area contributed by atoms with E-state index in [1.807, 2.05) is 0 Å². The van der Waals surface area contributed by atoms with E-state index in [0.717, 1.165) is 25.9 Å². The number of benzene rings is 1. The monoisotopic (exact) mass is 379 g/mol. The molecule has 1 aromatic carbocycles. The van der Waals surface area contributed by atoms with Gasteiger partial charge in [-0.1, -0.05) is 0 Å². The summed E-state index contributed by atoms with van der Waals surface area (Å²) in [6, 6.07) is 5.25. The third kappa shape index (κ3) is 6.41. The molecule has 8 nitrogen and oxygen atoms in total. The Labute approximate surface area is 160 Å². The first kappa shape index (κ1) is 21.0. The van der Waals surface area contributed by atoms with Gasteiger partial charge in [-0.2, -0.15) is 0 Å². The van der Waals surface area contributed by atoms with E-state index in [1.54, 1.807) is 39.5 Å². The maximum absolute atomic E-state index is 12.4. The molecule has 2 N–H and O–H groups in total. The van der Waals surface area contributed by atoms with Gasteiger partial charge in [-0.25, -0.2) is 0 Å². The van der Waals surface area contributed by atoms with Crippen LogP contribution in [-0.4, -0.2) is 70.8 Å². The number of ether oxygens (including phenoxy) is 3. The maximum atomic E-state index is 12.4. The number of anilines is 1. The number of carbonyl (C=O) groups excluding carboxylic acids is 2. The van der Waals surface area contributed by atoms with Crippen molar-refractivity contribution in [3.05, 3.63) is 18.2 Å². The van der Waals surface area contributed by atoms with Gasteiger partial charge < -0.3 is 24.8 Å². The van der Waals surface area contributed by atoms with Crippen LogP contribution in [0.2, 0.25) is 0 Å². The van der Waals surface area contributed by atoms with Crippen LogP contribution in [0.4, 0.5) is 5.69 Å². The Morgan fingerprint density at radius 3 is 2.52 bits per heavy atom. The summed E-state index contributed by atoms with van der Waals surface area (Å²) in [5.74, 6) is 1.17. The Morgan fingerprint density at radius 2 is 1.89 bits per heavy atom. The van der Waals surface area contributed by atoms with E-state index in [2.05, 4.69) is 15.5 Å². The predicted octanol–water partition coefficient (Wildman–Crippen LogP) is 1.12. The lowest BCUT2D eigenvalue weighted by atomic mass is 9.96. The number of methoxy groups -OCH3 is 3. The largest absolute Gasteiger partial charge is 0.497 e. The minimum Gasteiger partial charge on any atom is -0.497 e.